The number of hydrogen-bond acceptors (Lipinski definition) is 4. The number of nitrogens with one attached hydrogen (secondary N) is 2. The Morgan fingerprint density at radius 2 is 1.86 bits per heavy atom. The van der Waals surface area contributed by atoms with Gasteiger partial charge in [-0.1, -0.05) is 35.9 Å². The summed E-state index contributed by atoms with van der Waals surface area (Å²) in [7, 11) is 0. The molecule has 0 saturated heterocycles. The van der Waals surface area contributed by atoms with E-state index in [9.17, 15) is 14.4 Å². The molecule has 3 aromatic rings. The number of hydrogen-bond donors (Lipinski definition) is 2. The summed E-state index contributed by atoms with van der Waals surface area (Å²) in [5, 5.41) is 3.33. The molecule has 0 aliphatic rings. The molecule has 1 unspecified atom stereocenters. The van der Waals surface area contributed by atoms with Gasteiger partial charge in [0.15, 0.2) is 5.56 Å². The van der Waals surface area contributed by atoms with Gasteiger partial charge in [0.2, 0.25) is 11.7 Å². The first-order valence-electron chi connectivity index (χ1n) is 8.66. The number of rotatable bonds is 5. The summed E-state index contributed by atoms with van der Waals surface area (Å²) in [5.74, 6) is -1.14. The Morgan fingerprint density at radius 3 is 2.50 bits per heavy atom. The van der Waals surface area contributed by atoms with Crippen LogP contribution in [-0.4, -0.2) is 28.2 Å². The smallest absolute Gasteiger partial charge is 0.339 e. The average Bonchev–Trinajstić information content (AvgIpc) is 2.98. The van der Waals surface area contributed by atoms with Gasteiger partial charge < -0.3 is 15.0 Å². The topological polar surface area (TPSA) is 88.3 Å². The molecule has 144 valence electrons. The second-order valence-corrected chi connectivity index (χ2v) is 7.02. The molecule has 1 amide bonds. The van der Waals surface area contributed by atoms with E-state index in [1.54, 1.807) is 37.3 Å². The number of aryl methyl sites for hydroxylation is 1. The second kappa shape index (κ2) is 7.86. The monoisotopic (exact) mass is 398 g/mol. The van der Waals surface area contributed by atoms with Gasteiger partial charge in [0.05, 0.1) is 11.3 Å². The first-order valence-corrected chi connectivity index (χ1v) is 9.10. The summed E-state index contributed by atoms with van der Waals surface area (Å²) >= 11 is 5.71. The molecule has 2 N–H and O–H groups in total. The first kappa shape index (κ1) is 19.6. The van der Waals surface area contributed by atoms with Crippen LogP contribution in [0.4, 0.5) is 5.69 Å². The van der Waals surface area contributed by atoms with Crippen LogP contribution >= 0.6 is 11.6 Å². The summed E-state index contributed by atoms with van der Waals surface area (Å²) in [4.78, 5) is 40.0. The number of ketones is 1. The molecule has 0 radical (unpaired) electrons. The highest BCUT2D eigenvalue weighted by Crippen LogP contribution is 2.31. The predicted molar refractivity (Wildman–Crippen MR) is 108 cm³/mol. The summed E-state index contributed by atoms with van der Waals surface area (Å²) in [6.45, 7) is 4.75. The van der Waals surface area contributed by atoms with Crippen molar-refractivity contribution in [1.82, 2.24) is 4.98 Å². The molecule has 28 heavy (non-hydrogen) atoms. The number of halogens is 1. The highest BCUT2D eigenvalue weighted by atomic mass is 35.5. The number of H-pyrrole nitrogens is 1. The fourth-order valence-electron chi connectivity index (χ4n) is 2.98. The maximum absolute atomic E-state index is 13.1. The van der Waals surface area contributed by atoms with E-state index in [0.29, 0.717) is 22.2 Å². The van der Waals surface area contributed by atoms with Crippen molar-refractivity contribution in [3.63, 3.8) is 0 Å². The number of benzene rings is 2. The van der Waals surface area contributed by atoms with Crippen LogP contribution in [0.25, 0.3) is 10.9 Å². The van der Waals surface area contributed by atoms with E-state index in [0.717, 1.165) is 5.56 Å². The Labute approximate surface area is 166 Å². The molecular weight excluding hydrogens is 380 g/mol. The van der Waals surface area contributed by atoms with Crippen molar-refractivity contribution < 1.29 is 19.1 Å². The number of alkyl halides is 1. The van der Waals surface area contributed by atoms with Gasteiger partial charge in [-0.15, -0.1) is 0 Å². The van der Waals surface area contributed by atoms with Gasteiger partial charge in [-0.25, -0.2) is 4.79 Å². The maximum Gasteiger partial charge on any atom is 0.339 e. The van der Waals surface area contributed by atoms with E-state index < -0.39 is 11.5 Å². The standard InChI is InChI=1S/C21H19ClN2O4/c1-11-6-4-5-7-15(11)20(26)19-18(23-13(3)25)16-9-8-14(10-17(16)24-19)21(27)28-12(2)22/h4-10,12,24H,1-3H3,(H,23,25). The largest absolute Gasteiger partial charge is 0.443 e. The molecule has 3 rings (SSSR count). The van der Waals surface area contributed by atoms with Gasteiger partial charge in [0.1, 0.15) is 5.69 Å². The fraction of sp³-hybridized carbons (Fsp3) is 0.190. The van der Waals surface area contributed by atoms with Crippen molar-refractivity contribution in [3.05, 3.63) is 64.8 Å². The third-order valence-corrected chi connectivity index (χ3v) is 4.31. The number of ether oxygens (including phenoxy) is 1. The molecule has 0 aliphatic carbocycles. The number of fused-ring (bicyclic) bond motifs is 1. The Hall–Kier alpha value is -3.12. The summed E-state index contributed by atoms with van der Waals surface area (Å²) < 4.78 is 5.00. The van der Waals surface area contributed by atoms with Crippen LogP contribution in [0.2, 0.25) is 0 Å². The lowest BCUT2D eigenvalue weighted by Gasteiger charge is -2.07. The lowest BCUT2D eigenvalue weighted by atomic mass is 10.0. The third-order valence-electron chi connectivity index (χ3n) is 4.22. The molecule has 0 bridgehead atoms. The van der Waals surface area contributed by atoms with E-state index in [2.05, 4.69) is 10.3 Å². The van der Waals surface area contributed by atoms with Crippen molar-refractivity contribution in [2.75, 3.05) is 5.32 Å². The van der Waals surface area contributed by atoms with Crippen LogP contribution in [0.5, 0.6) is 0 Å². The van der Waals surface area contributed by atoms with Gasteiger partial charge in [-0.05, 0) is 37.6 Å². The molecule has 0 spiro atoms. The molecule has 2 aromatic carbocycles. The number of aromatic amines is 1. The first-order chi connectivity index (χ1) is 13.3. The van der Waals surface area contributed by atoms with E-state index in [-0.39, 0.29) is 22.9 Å². The number of amides is 1. The Bertz CT molecular complexity index is 1090. The van der Waals surface area contributed by atoms with Crippen molar-refractivity contribution in [2.45, 2.75) is 26.3 Å². The number of aromatic nitrogens is 1. The van der Waals surface area contributed by atoms with Crippen LogP contribution in [0, 0.1) is 6.92 Å². The number of carbonyl (C=O) groups is 3. The van der Waals surface area contributed by atoms with E-state index in [4.69, 9.17) is 16.3 Å². The van der Waals surface area contributed by atoms with Crippen LogP contribution < -0.4 is 5.32 Å². The fourth-order valence-corrected chi connectivity index (χ4v) is 3.06. The number of anilines is 1. The van der Waals surface area contributed by atoms with Gasteiger partial charge >= 0.3 is 5.97 Å². The lowest BCUT2D eigenvalue weighted by molar-refractivity contribution is -0.114. The molecule has 0 fully saturated rings. The minimum absolute atomic E-state index is 0.246. The Balaban J connectivity index is 2.13. The van der Waals surface area contributed by atoms with E-state index >= 15 is 0 Å². The van der Waals surface area contributed by atoms with Crippen molar-refractivity contribution in [3.8, 4) is 0 Å². The normalized spacial score (nSPS) is 11.9. The SMILES string of the molecule is CC(=O)Nc1c(C(=O)c2ccccc2C)[nH]c2cc(C(=O)OC(C)Cl)ccc12. The lowest BCUT2D eigenvalue weighted by Crippen LogP contribution is -2.11. The maximum atomic E-state index is 13.1. The molecular formula is C21H19ClN2O4. The zero-order valence-electron chi connectivity index (χ0n) is 15.6. The van der Waals surface area contributed by atoms with Crippen molar-refractivity contribution in [1.29, 1.82) is 0 Å². The van der Waals surface area contributed by atoms with Gasteiger partial charge in [0, 0.05) is 23.4 Å². The second-order valence-electron chi connectivity index (χ2n) is 6.41. The Kier molecular flexibility index (Phi) is 5.51. The highest BCUT2D eigenvalue weighted by molar-refractivity contribution is 6.20. The summed E-state index contributed by atoms with van der Waals surface area (Å²) in [5.41, 5.74) is 2.01. The molecule has 6 nitrogen and oxygen atoms in total. The minimum atomic E-state index is -0.764. The average molecular weight is 399 g/mol. The number of esters is 1. The quantitative estimate of drug-likeness (QED) is 0.378. The van der Waals surface area contributed by atoms with Crippen molar-refractivity contribution >= 4 is 45.9 Å². The Morgan fingerprint density at radius 1 is 1.14 bits per heavy atom. The van der Waals surface area contributed by atoms with Crippen LogP contribution in [0.15, 0.2) is 42.5 Å². The van der Waals surface area contributed by atoms with Gasteiger partial charge in [0.25, 0.3) is 0 Å². The molecule has 0 aliphatic heterocycles. The minimum Gasteiger partial charge on any atom is -0.443 e. The predicted octanol–water partition coefficient (Wildman–Crippen LogP) is 4.41. The summed E-state index contributed by atoms with van der Waals surface area (Å²) in [6.07, 6.45) is 0. The van der Waals surface area contributed by atoms with Crippen molar-refractivity contribution in [2.24, 2.45) is 0 Å². The third kappa shape index (κ3) is 3.92. The zero-order chi connectivity index (χ0) is 20.4. The van der Waals surface area contributed by atoms with Gasteiger partial charge in [-0.2, -0.15) is 0 Å². The van der Waals surface area contributed by atoms with Crippen LogP contribution in [0.1, 0.15) is 45.8 Å². The van der Waals surface area contributed by atoms with Gasteiger partial charge in [-0.3, -0.25) is 9.59 Å². The van der Waals surface area contributed by atoms with E-state index in [1.165, 1.54) is 6.92 Å². The highest BCUT2D eigenvalue weighted by Gasteiger charge is 2.22. The molecule has 1 heterocycles. The van der Waals surface area contributed by atoms with E-state index in [1.807, 2.05) is 19.1 Å². The zero-order valence-corrected chi connectivity index (χ0v) is 16.4. The van der Waals surface area contributed by atoms with Crippen LogP contribution in [-0.2, 0) is 9.53 Å². The van der Waals surface area contributed by atoms with Crippen LogP contribution in [0.3, 0.4) is 0 Å². The molecule has 0 saturated carbocycles. The molecule has 7 heteroatoms. The number of carbonyl (C=O) groups excluding carboxylic acids is 3. The molecule has 1 atom stereocenters. The molecule has 1 aromatic heterocycles. The summed E-state index contributed by atoms with van der Waals surface area (Å²) in [6, 6.07) is 12.0.